The highest BCUT2D eigenvalue weighted by Crippen LogP contribution is 2.22. The van der Waals surface area contributed by atoms with Gasteiger partial charge in [0.2, 0.25) is 0 Å². The summed E-state index contributed by atoms with van der Waals surface area (Å²) in [5.74, 6) is 0.183. The van der Waals surface area contributed by atoms with E-state index in [0.717, 1.165) is 30.7 Å². The normalized spacial score (nSPS) is 20.3. The molecule has 0 unspecified atom stereocenters. The Labute approximate surface area is 150 Å². The highest BCUT2D eigenvalue weighted by molar-refractivity contribution is 7.13. The number of nitrogens with two attached hydrogens (primary N) is 1. The van der Waals surface area contributed by atoms with Gasteiger partial charge in [0.05, 0.1) is 5.69 Å². The van der Waals surface area contributed by atoms with E-state index in [9.17, 15) is 9.18 Å². The summed E-state index contributed by atoms with van der Waals surface area (Å²) < 4.78 is 18.5. The van der Waals surface area contributed by atoms with Crippen LogP contribution in [0.4, 0.5) is 4.39 Å². The lowest BCUT2D eigenvalue weighted by Crippen LogP contribution is -2.40. The van der Waals surface area contributed by atoms with Gasteiger partial charge < -0.3 is 15.8 Å². The first-order valence-electron chi connectivity index (χ1n) is 8.42. The Morgan fingerprint density at radius 3 is 2.68 bits per heavy atom. The SMILES string of the molecule is Cc1nc(COc2ccc(F)cc2)sc1C(=O)NC1CCC(N)CC1. The van der Waals surface area contributed by atoms with Crippen molar-refractivity contribution in [1.29, 1.82) is 0 Å². The lowest BCUT2D eigenvalue weighted by Gasteiger charge is -2.26. The highest BCUT2D eigenvalue weighted by Gasteiger charge is 2.23. The fraction of sp³-hybridized carbons (Fsp3) is 0.444. The summed E-state index contributed by atoms with van der Waals surface area (Å²) in [5, 5.41) is 3.80. The van der Waals surface area contributed by atoms with E-state index in [0.29, 0.717) is 16.3 Å². The largest absolute Gasteiger partial charge is 0.486 e. The molecule has 1 fully saturated rings. The number of thiazole rings is 1. The summed E-state index contributed by atoms with van der Waals surface area (Å²) in [4.78, 5) is 17.5. The summed E-state index contributed by atoms with van der Waals surface area (Å²) in [6, 6.07) is 6.27. The summed E-state index contributed by atoms with van der Waals surface area (Å²) in [5.41, 5.74) is 6.60. The molecule has 0 atom stereocenters. The number of nitrogens with zero attached hydrogens (tertiary/aromatic N) is 1. The molecule has 2 aromatic rings. The highest BCUT2D eigenvalue weighted by atomic mass is 32.1. The monoisotopic (exact) mass is 363 g/mol. The van der Waals surface area contributed by atoms with E-state index >= 15 is 0 Å². The van der Waals surface area contributed by atoms with E-state index in [1.807, 2.05) is 6.92 Å². The average Bonchev–Trinajstić information content (AvgIpc) is 2.97. The summed E-state index contributed by atoms with van der Waals surface area (Å²) in [7, 11) is 0. The third kappa shape index (κ3) is 4.76. The van der Waals surface area contributed by atoms with Crippen LogP contribution in [0.5, 0.6) is 5.75 Å². The predicted octanol–water partition coefficient (Wildman–Crippen LogP) is 3.17. The molecule has 1 aliphatic carbocycles. The van der Waals surface area contributed by atoms with Crippen molar-refractivity contribution in [3.05, 3.63) is 45.7 Å². The van der Waals surface area contributed by atoms with Gasteiger partial charge in [-0.05, 0) is 56.9 Å². The van der Waals surface area contributed by atoms with Crippen LogP contribution in [0, 0.1) is 12.7 Å². The maximum absolute atomic E-state index is 12.9. The van der Waals surface area contributed by atoms with Crippen molar-refractivity contribution in [2.45, 2.75) is 51.3 Å². The molecule has 3 rings (SSSR count). The number of carbonyl (C=O) groups is 1. The number of hydrogen-bond acceptors (Lipinski definition) is 5. The molecule has 1 amide bonds. The molecule has 5 nitrogen and oxygen atoms in total. The number of aryl methyl sites for hydroxylation is 1. The zero-order valence-corrected chi connectivity index (χ0v) is 14.9. The maximum atomic E-state index is 12.9. The fourth-order valence-electron chi connectivity index (χ4n) is 2.92. The van der Waals surface area contributed by atoms with Crippen LogP contribution >= 0.6 is 11.3 Å². The molecular formula is C18H22FN3O2S. The number of nitrogens with one attached hydrogen (secondary N) is 1. The van der Waals surface area contributed by atoms with Gasteiger partial charge in [-0.3, -0.25) is 4.79 Å². The molecule has 1 heterocycles. The van der Waals surface area contributed by atoms with Crippen LogP contribution < -0.4 is 15.8 Å². The summed E-state index contributed by atoms with van der Waals surface area (Å²) in [6.07, 6.45) is 3.74. The van der Waals surface area contributed by atoms with Crippen molar-refractivity contribution in [1.82, 2.24) is 10.3 Å². The number of halogens is 1. The lowest BCUT2D eigenvalue weighted by atomic mass is 9.92. The Hall–Kier alpha value is -1.99. The minimum atomic E-state index is -0.305. The number of benzene rings is 1. The van der Waals surface area contributed by atoms with Crippen LogP contribution in [0.15, 0.2) is 24.3 Å². The van der Waals surface area contributed by atoms with Gasteiger partial charge in [-0.25, -0.2) is 9.37 Å². The van der Waals surface area contributed by atoms with Crippen molar-refractivity contribution in [3.63, 3.8) is 0 Å². The van der Waals surface area contributed by atoms with E-state index in [1.165, 1.54) is 23.5 Å². The number of ether oxygens (including phenoxy) is 1. The van der Waals surface area contributed by atoms with Crippen molar-refractivity contribution in [2.24, 2.45) is 5.73 Å². The van der Waals surface area contributed by atoms with Crippen molar-refractivity contribution >= 4 is 17.2 Å². The van der Waals surface area contributed by atoms with Gasteiger partial charge in [0.25, 0.3) is 5.91 Å². The third-order valence-corrected chi connectivity index (χ3v) is 5.46. The molecule has 0 spiro atoms. The Morgan fingerprint density at radius 2 is 2.00 bits per heavy atom. The molecule has 1 aromatic heterocycles. The molecule has 3 N–H and O–H groups in total. The molecule has 1 saturated carbocycles. The topological polar surface area (TPSA) is 77.2 Å². The van der Waals surface area contributed by atoms with Crippen LogP contribution in [0.1, 0.15) is 46.1 Å². The molecule has 1 aliphatic rings. The van der Waals surface area contributed by atoms with Gasteiger partial charge in [0.1, 0.15) is 28.1 Å². The Morgan fingerprint density at radius 1 is 1.32 bits per heavy atom. The van der Waals surface area contributed by atoms with Crippen LogP contribution in [0.2, 0.25) is 0 Å². The van der Waals surface area contributed by atoms with Crippen molar-refractivity contribution in [3.8, 4) is 5.75 Å². The second-order valence-electron chi connectivity index (χ2n) is 6.35. The van der Waals surface area contributed by atoms with Crippen LogP contribution in [0.25, 0.3) is 0 Å². The molecule has 25 heavy (non-hydrogen) atoms. The lowest BCUT2D eigenvalue weighted by molar-refractivity contribution is 0.0929. The van der Waals surface area contributed by atoms with Gasteiger partial charge in [0.15, 0.2) is 0 Å². The number of carbonyl (C=O) groups excluding carboxylic acids is 1. The quantitative estimate of drug-likeness (QED) is 0.855. The molecule has 0 saturated heterocycles. The Bertz CT molecular complexity index is 724. The first kappa shape index (κ1) is 17.8. The molecule has 0 aliphatic heterocycles. The van der Waals surface area contributed by atoms with Gasteiger partial charge in [-0.2, -0.15) is 0 Å². The van der Waals surface area contributed by atoms with Crippen molar-refractivity contribution < 1.29 is 13.9 Å². The Kier molecular flexibility index (Phi) is 5.65. The summed E-state index contributed by atoms with van der Waals surface area (Å²) >= 11 is 1.33. The van der Waals surface area contributed by atoms with Gasteiger partial charge in [0, 0.05) is 12.1 Å². The number of hydrogen-bond donors (Lipinski definition) is 2. The van der Waals surface area contributed by atoms with E-state index in [-0.39, 0.29) is 30.4 Å². The molecule has 134 valence electrons. The van der Waals surface area contributed by atoms with Gasteiger partial charge >= 0.3 is 0 Å². The Balaban J connectivity index is 1.57. The summed E-state index contributed by atoms with van der Waals surface area (Å²) in [6.45, 7) is 2.08. The van der Waals surface area contributed by atoms with Crippen LogP contribution in [0.3, 0.4) is 0 Å². The van der Waals surface area contributed by atoms with E-state index in [2.05, 4.69) is 10.3 Å². The molecule has 1 aromatic carbocycles. The number of amides is 1. The fourth-order valence-corrected chi connectivity index (χ4v) is 3.80. The number of rotatable bonds is 5. The zero-order valence-electron chi connectivity index (χ0n) is 14.1. The second-order valence-corrected chi connectivity index (χ2v) is 7.43. The van der Waals surface area contributed by atoms with E-state index in [1.54, 1.807) is 12.1 Å². The average molecular weight is 363 g/mol. The minimum absolute atomic E-state index is 0.0801. The van der Waals surface area contributed by atoms with Crippen LogP contribution in [-0.2, 0) is 6.61 Å². The molecule has 7 heteroatoms. The second kappa shape index (κ2) is 7.93. The molecule has 0 radical (unpaired) electrons. The third-order valence-electron chi connectivity index (χ3n) is 4.33. The zero-order chi connectivity index (χ0) is 17.8. The predicted molar refractivity (Wildman–Crippen MR) is 95.3 cm³/mol. The molecule has 0 bridgehead atoms. The smallest absolute Gasteiger partial charge is 0.263 e. The van der Waals surface area contributed by atoms with E-state index in [4.69, 9.17) is 10.5 Å². The van der Waals surface area contributed by atoms with E-state index < -0.39 is 0 Å². The minimum Gasteiger partial charge on any atom is -0.486 e. The first-order chi connectivity index (χ1) is 12.0. The van der Waals surface area contributed by atoms with Crippen molar-refractivity contribution in [2.75, 3.05) is 0 Å². The molecular weight excluding hydrogens is 341 g/mol. The van der Waals surface area contributed by atoms with Crippen LogP contribution in [-0.4, -0.2) is 23.0 Å². The first-order valence-corrected chi connectivity index (χ1v) is 9.24. The number of aromatic nitrogens is 1. The van der Waals surface area contributed by atoms with Gasteiger partial charge in [-0.1, -0.05) is 0 Å². The maximum Gasteiger partial charge on any atom is 0.263 e. The standard InChI is InChI=1S/C18H22FN3O2S/c1-11-17(18(23)22-14-6-4-13(20)5-7-14)25-16(21-11)10-24-15-8-2-12(19)3-9-15/h2-3,8-9,13-14H,4-7,10,20H2,1H3,(H,22,23). The van der Waals surface area contributed by atoms with Gasteiger partial charge in [-0.15, -0.1) is 11.3 Å².